The molecule has 0 radical (unpaired) electrons. The number of halogens is 1. The molecule has 4 nitrogen and oxygen atoms in total. The first kappa shape index (κ1) is 18.2. The maximum Gasteiger partial charge on any atom is 0.220 e. The molecule has 130 valence electrons. The van der Waals surface area contributed by atoms with Crippen LogP contribution >= 0.6 is 0 Å². The molecule has 2 aromatic rings. The Morgan fingerprint density at radius 3 is 2.58 bits per heavy atom. The molecule has 0 fully saturated rings. The second-order valence-electron chi connectivity index (χ2n) is 6.09. The molecule has 0 bridgehead atoms. The maximum atomic E-state index is 13.7. The van der Waals surface area contributed by atoms with Gasteiger partial charge >= 0.3 is 0 Å². The standard InChI is InChI=1S/C19H25FN2O2/c1-3-19(21,4-2)13-22-18(23)12-10-14-9-11-17(24-14)15-7-5-6-8-16(15)20/h5-9,11H,3-4,10,12-13,21H2,1-2H3,(H,22,23). The normalized spacial score (nSPS) is 11.5. The topological polar surface area (TPSA) is 68.3 Å². The van der Waals surface area contributed by atoms with E-state index in [2.05, 4.69) is 5.32 Å². The summed E-state index contributed by atoms with van der Waals surface area (Å²) in [5.74, 6) is 0.750. The molecule has 0 atom stereocenters. The molecule has 0 saturated carbocycles. The average Bonchev–Trinajstić information content (AvgIpc) is 3.07. The van der Waals surface area contributed by atoms with Crippen LogP contribution in [0.1, 0.15) is 38.9 Å². The Balaban J connectivity index is 1.87. The molecule has 0 aliphatic heterocycles. The summed E-state index contributed by atoms with van der Waals surface area (Å²) in [7, 11) is 0. The number of nitrogens with two attached hydrogens (primary N) is 1. The maximum absolute atomic E-state index is 13.7. The van der Waals surface area contributed by atoms with Crippen molar-refractivity contribution in [1.82, 2.24) is 5.32 Å². The van der Waals surface area contributed by atoms with E-state index in [1.165, 1.54) is 6.07 Å². The van der Waals surface area contributed by atoms with Gasteiger partial charge in [-0.2, -0.15) is 0 Å². The first-order chi connectivity index (χ1) is 11.5. The van der Waals surface area contributed by atoms with Crippen molar-refractivity contribution in [3.8, 4) is 11.3 Å². The van der Waals surface area contributed by atoms with E-state index in [0.29, 0.717) is 36.5 Å². The molecule has 1 aromatic carbocycles. The van der Waals surface area contributed by atoms with Gasteiger partial charge in [0.15, 0.2) is 0 Å². The Labute approximate surface area is 142 Å². The van der Waals surface area contributed by atoms with Crippen molar-refractivity contribution in [2.45, 2.75) is 45.1 Å². The third-order valence-electron chi connectivity index (χ3n) is 4.45. The van der Waals surface area contributed by atoms with Crippen LogP contribution in [0, 0.1) is 5.82 Å². The van der Waals surface area contributed by atoms with Crippen molar-refractivity contribution in [1.29, 1.82) is 0 Å². The quantitative estimate of drug-likeness (QED) is 0.775. The predicted molar refractivity (Wildman–Crippen MR) is 92.9 cm³/mol. The van der Waals surface area contributed by atoms with E-state index in [4.69, 9.17) is 10.2 Å². The van der Waals surface area contributed by atoms with E-state index in [0.717, 1.165) is 12.8 Å². The van der Waals surface area contributed by atoms with Crippen LogP contribution in [-0.4, -0.2) is 18.0 Å². The zero-order valence-electron chi connectivity index (χ0n) is 14.3. The summed E-state index contributed by atoms with van der Waals surface area (Å²) in [4.78, 5) is 12.0. The Morgan fingerprint density at radius 2 is 1.92 bits per heavy atom. The SMILES string of the molecule is CCC(N)(CC)CNC(=O)CCc1ccc(-c2ccccc2F)o1. The van der Waals surface area contributed by atoms with E-state index in [-0.39, 0.29) is 17.3 Å². The molecule has 1 aromatic heterocycles. The summed E-state index contributed by atoms with van der Waals surface area (Å²) >= 11 is 0. The van der Waals surface area contributed by atoms with Crippen LogP contribution in [0.5, 0.6) is 0 Å². The fourth-order valence-corrected chi connectivity index (χ4v) is 2.42. The largest absolute Gasteiger partial charge is 0.461 e. The highest BCUT2D eigenvalue weighted by Crippen LogP contribution is 2.25. The van der Waals surface area contributed by atoms with Crippen LogP contribution in [0.2, 0.25) is 0 Å². The minimum Gasteiger partial charge on any atom is -0.461 e. The van der Waals surface area contributed by atoms with Gasteiger partial charge in [-0.3, -0.25) is 4.79 Å². The third-order valence-corrected chi connectivity index (χ3v) is 4.45. The second kappa shape index (κ2) is 8.11. The molecule has 0 saturated heterocycles. The summed E-state index contributed by atoms with van der Waals surface area (Å²) in [6, 6.07) is 9.96. The molecule has 0 unspecified atom stereocenters. The lowest BCUT2D eigenvalue weighted by atomic mass is 9.94. The minimum atomic E-state index is -0.349. The van der Waals surface area contributed by atoms with Crippen molar-refractivity contribution in [2.75, 3.05) is 6.54 Å². The van der Waals surface area contributed by atoms with E-state index >= 15 is 0 Å². The van der Waals surface area contributed by atoms with Crippen molar-refractivity contribution in [3.05, 3.63) is 48.0 Å². The highest BCUT2D eigenvalue weighted by atomic mass is 19.1. The number of carbonyl (C=O) groups excluding carboxylic acids is 1. The summed E-state index contributed by atoms with van der Waals surface area (Å²) in [5, 5.41) is 2.88. The molecular formula is C19H25FN2O2. The number of furan rings is 1. The van der Waals surface area contributed by atoms with E-state index in [1.54, 1.807) is 30.3 Å². The van der Waals surface area contributed by atoms with Gasteiger partial charge in [-0.15, -0.1) is 0 Å². The fourth-order valence-electron chi connectivity index (χ4n) is 2.42. The van der Waals surface area contributed by atoms with Crippen LogP contribution < -0.4 is 11.1 Å². The lowest BCUT2D eigenvalue weighted by molar-refractivity contribution is -0.121. The zero-order chi connectivity index (χ0) is 17.6. The Bertz CT molecular complexity index is 678. The zero-order valence-corrected chi connectivity index (χ0v) is 14.3. The van der Waals surface area contributed by atoms with Gasteiger partial charge in [0.25, 0.3) is 0 Å². The van der Waals surface area contributed by atoms with Gasteiger partial charge in [-0.1, -0.05) is 26.0 Å². The number of amides is 1. The molecule has 0 spiro atoms. The molecule has 0 aliphatic rings. The van der Waals surface area contributed by atoms with Gasteiger partial charge in [0, 0.05) is 24.9 Å². The molecule has 1 heterocycles. The number of aryl methyl sites for hydroxylation is 1. The van der Waals surface area contributed by atoms with Gasteiger partial charge in [0.05, 0.1) is 5.56 Å². The Kier molecular flexibility index (Phi) is 6.15. The minimum absolute atomic E-state index is 0.0597. The predicted octanol–water partition coefficient (Wildman–Crippen LogP) is 3.65. The molecule has 0 aliphatic carbocycles. The van der Waals surface area contributed by atoms with Crippen molar-refractivity contribution < 1.29 is 13.6 Å². The van der Waals surface area contributed by atoms with Crippen molar-refractivity contribution >= 4 is 5.91 Å². The molecule has 1 amide bonds. The Morgan fingerprint density at radius 1 is 1.21 bits per heavy atom. The number of rotatable bonds is 8. The summed E-state index contributed by atoms with van der Waals surface area (Å²) in [5.41, 5.74) is 6.24. The van der Waals surface area contributed by atoms with Crippen LogP contribution in [0.25, 0.3) is 11.3 Å². The molecule has 24 heavy (non-hydrogen) atoms. The van der Waals surface area contributed by atoms with Gasteiger partial charge in [-0.05, 0) is 37.1 Å². The van der Waals surface area contributed by atoms with Gasteiger partial charge in [0.1, 0.15) is 17.3 Å². The fraction of sp³-hybridized carbons (Fsp3) is 0.421. The van der Waals surface area contributed by atoms with Crippen LogP contribution in [-0.2, 0) is 11.2 Å². The number of hydrogen-bond acceptors (Lipinski definition) is 3. The highest BCUT2D eigenvalue weighted by Gasteiger charge is 2.20. The lowest BCUT2D eigenvalue weighted by Crippen LogP contribution is -2.49. The van der Waals surface area contributed by atoms with Crippen molar-refractivity contribution in [2.24, 2.45) is 5.73 Å². The highest BCUT2D eigenvalue weighted by molar-refractivity contribution is 5.76. The number of nitrogens with one attached hydrogen (secondary N) is 1. The van der Waals surface area contributed by atoms with Crippen LogP contribution in [0.15, 0.2) is 40.8 Å². The Hall–Kier alpha value is -2.14. The summed E-state index contributed by atoms with van der Waals surface area (Å²) < 4.78 is 19.4. The first-order valence-electron chi connectivity index (χ1n) is 8.36. The van der Waals surface area contributed by atoms with Crippen LogP contribution in [0.3, 0.4) is 0 Å². The summed E-state index contributed by atoms with van der Waals surface area (Å²) in [6.07, 6.45) is 2.41. The molecule has 2 rings (SSSR count). The van der Waals surface area contributed by atoms with Gasteiger partial charge < -0.3 is 15.5 Å². The van der Waals surface area contributed by atoms with Crippen LogP contribution in [0.4, 0.5) is 4.39 Å². The number of carbonyl (C=O) groups is 1. The van der Waals surface area contributed by atoms with E-state index in [1.807, 2.05) is 13.8 Å². The monoisotopic (exact) mass is 332 g/mol. The third kappa shape index (κ3) is 4.68. The first-order valence-corrected chi connectivity index (χ1v) is 8.36. The van der Waals surface area contributed by atoms with Gasteiger partial charge in [0.2, 0.25) is 5.91 Å². The number of hydrogen-bond donors (Lipinski definition) is 2. The van der Waals surface area contributed by atoms with E-state index in [9.17, 15) is 9.18 Å². The van der Waals surface area contributed by atoms with E-state index < -0.39 is 0 Å². The molecule has 5 heteroatoms. The average molecular weight is 332 g/mol. The molecule has 3 N–H and O–H groups in total. The number of benzene rings is 1. The molecular weight excluding hydrogens is 307 g/mol. The summed E-state index contributed by atoms with van der Waals surface area (Å²) in [6.45, 7) is 4.50. The van der Waals surface area contributed by atoms with Gasteiger partial charge in [-0.25, -0.2) is 4.39 Å². The second-order valence-corrected chi connectivity index (χ2v) is 6.09. The van der Waals surface area contributed by atoms with Crippen molar-refractivity contribution in [3.63, 3.8) is 0 Å². The smallest absolute Gasteiger partial charge is 0.220 e. The lowest BCUT2D eigenvalue weighted by Gasteiger charge is -2.26.